The van der Waals surface area contributed by atoms with Gasteiger partial charge in [-0.2, -0.15) is 5.10 Å². The van der Waals surface area contributed by atoms with E-state index in [1.165, 1.54) is 19.2 Å². The molecule has 0 saturated carbocycles. The van der Waals surface area contributed by atoms with Crippen LogP contribution in [0.15, 0.2) is 45.7 Å². The number of amides is 1. The highest BCUT2D eigenvalue weighted by Gasteiger charge is 2.07. The Morgan fingerprint density at radius 2 is 2.19 bits per heavy atom. The lowest BCUT2D eigenvalue weighted by Crippen LogP contribution is -2.31. The maximum Gasteiger partial charge on any atom is 0.271 e. The minimum Gasteiger partial charge on any atom is -0.492 e. The van der Waals surface area contributed by atoms with Gasteiger partial charge in [0.25, 0.3) is 11.5 Å². The van der Waals surface area contributed by atoms with Gasteiger partial charge >= 0.3 is 0 Å². The van der Waals surface area contributed by atoms with Crippen LogP contribution in [-0.2, 0) is 7.05 Å². The zero-order valence-electron chi connectivity index (χ0n) is 11.4. The minimum atomic E-state index is -0.344. The van der Waals surface area contributed by atoms with E-state index < -0.39 is 0 Å². The SMILES string of the molecule is Cn1nc(C(=O)NCCOc2cccc(Br)c2)ccc1=O. The lowest BCUT2D eigenvalue weighted by atomic mass is 10.3. The number of nitrogens with zero attached hydrogens (tertiary/aromatic N) is 2. The first-order valence-corrected chi connectivity index (χ1v) is 7.06. The highest BCUT2D eigenvalue weighted by molar-refractivity contribution is 9.10. The molecule has 0 atom stereocenters. The van der Waals surface area contributed by atoms with Gasteiger partial charge in [0.1, 0.15) is 18.1 Å². The Kier molecular flexibility index (Phi) is 5.10. The summed E-state index contributed by atoms with van der Waals surface area (Å²) in [6.07, 6.45) is 0. The van der Waals surface area contributed by atoms with Crippen LogP contribution >= 0.6 is 15.9 Å². The maximum atomic E-state index is 11.8. The standard InChI is InChI=1S/C14H14BrN3O3/c1-18-13(19)6-5-12(17-18)14(20)16-7-8-21-11-4-2-3-10(15)9-11/h2-6,9H,7-8H2,1H3,(H,16,20). The van der Waals surface area contributed by atoms with Crippen molar-refractivity contribution < 1.29 is 9.53 Å². The van der Waals surface area contributed by atoms with E-state index in [1.54, 1.807) is 0 Å². The third-order valence-electron chi connectivity index (χ3n) is 2.65. The van der Waals surface area contributed by atoms with Crippen LogP contribution in [-0.4, -0.2) is 28.8 Å². The molecule has 0 fully saturated rings. The largest absolute Gasteiger partial charge is 0.492 e. The summed E-state index contributed by atoms with van der Waals surface area (Å²) in [6.45, 7) is 0.684. The number of benzene rings is 1. The molecule has 6 nitrogen and oxygen atoms in total. The number of hydrogen-bond donors (Lipinski definition) is 1. The highest BCUT2D eigenvalue weighted by atomic mass is 79.9. The van der Waals surface area contributed by atoms with Crippen molar-refractivity contribution in [1.82, 2.24) is 15.1 Å². The van der Waals surface area contributed by atoms with Crippen LogP contribution in [0, 0.1) is 0 Å². The number of carbonyl (C=O) groups excluding carboxylic acids is 1. The summed E-state index contributed by atoms with van der Waals surface area (Å²) in [4.78, 5) is 23.0. The van der Waals surface area contributed by atoms with Gasteiger partial charge in [0.2, 0.25) is 0 Å². The normalized spacial score (nSPS) is 10.2. The smallest absolute Gasteiger partial charge is 0.271 e. The predicted molar refractivity (Wildman–Crippen MR) is 81.4 cm³/mol. The molecule has 0 bridgehead atoms. The third-order valence-corrected chi connectivity index (χ3v) is 3.14. The summed E-state index contributed by atoms with van der Waals surface area (Å²) in [5.74, 6) is 0.377. The number of ether oxygens (including phenoxy) is 1. The number of rotatable bonds is 5. The second-order valence-electron chi connectivity index (χ2n) is 4.24. The zero-order chi connectivity index (χ0) is 15.2. The van der Waals surface area contributed by atoms with E-state index in [0.717, 1.165) is 14.9 Å². The second kappa shape index (κ2) is 7.03. The van der Waals surface area contributed by atoms with E-state index in [9.17, 15) is 9.59 Å². The van der Waals surface area contributed by atoms with Crippen LogP contribution in [0.3, 0.4) is 0 Å². The lowest BCUT2D eigenvalue weighted by Gasteiger charge is -2.08. The fourth-order valence-electron chi connectivity index (χ4n) is 1.60. The summed E-state index contributed by atoms with van der Waals surface area (Å²) < 4.78 is 7.54. The van der Waals surface area contributed by atoms with Gasteiger partial charge in [0.05, 0.1) is 6.54 Å². The quantitative estimate of drug-likeness (QED) is 0.825. The molecule has 1 heterocycles. The molecule has 110 valence electrons. The van der Waals surface area contributed by atoms with Gasteiger partial charge in [-0.25, -0.2) is 4.68 Å². The van der Waals surface area contributed by atoms with Crippen molar-refractivity contribution in [2.24, 2.45) is 7.05 Å². The first kappa shape index (κ1) is 15.2. The Morgan fingerprint density at radius 1 is 1.38 bits per heavy atom. The van der Waals surface area contributed by atoms with Gasteiger partial charge < -0.3 is 10.1 Å². The van der Waals surface area contributed by atoms with E-state index >= 15 is 0 Å². The van der Waals surface area contributed by atoms with Crippen LogP contribution in [0.25, 0.3) is 0 Å². The molecular formula is C14H14BrN3O3. The van der Waals surface area contributed by atoms with E-state index in [2.05, 4.69) is 26.3 Å². The van der Waals surface area contributed by atoms with Crippen molar-refractivity contribution in [3.05, 3.63) is 56.9 Å². The van der Waals surface area contributed by atoms with E-state index in [1.807, 2.05) is 24.3 Å². The highest BCUT2D eigenvalue weighted by Crippen LogP contribution is 2.17. The molecule has 1 amide bonds. The molecule has 1 aromatic carbocycles. The molecule has 0 saturated heterocycles. The first-order valence-electron chi connectivity index (χ1n) is 6.27. The average Bonchev–Trinajstić information content (AvgIpc) is 2.46. The molecule has 0 aliphatic rings. The Hall–Kier alpha value is -2.15. The summed E-state index contributed by atoms with van der Waals surface area (Å²) in [5, 5.41) is 6.54. The van der Waals surface area contributed by atoms with Gasteiger partial charge in [-0.1, -0.05) is 22.0 Å². The number of aromatic nitrogens is 2. The van der Waals surface area contributed by atoms with Crippen molar-refractivity contribution in [2.75, 3.05) is 13.2 Å². The summed E-state index contributed by atoms with van der Waals surface area (Å²) in [6, 6.07) is 10.1. The van der Waals surface area contributed by atoms with Crippen molar-refractivity contribution in [3.8, 4) is 5.75 Å². The summed E-state index contributed by atoms with van der Waals surface area (Å²) in [5.41, 5.74) is -0.0657. The number of nitrogens with one attached hydrogen (secondary N) is 1. The summed E-state index contributed by atoms with van der Waals surface area (Å²) in [7, 11) is 1.50. The fraction of sp³-hybridized carbons (Fsp3) is 0.214. The van der Waals surface area contributed by atoms with Crippen LogP contribution in [0.5, 0.6) is 5.75 Å². The topological polar surface area (TPSA) is 73.2 Å². The van der Waals surface area contributed by atoms with Crippen molar-refractivity contribution >= 4 is 21.8 Å². The number of halogens is 1. The average molecular weight is 352 g/mol. The van der Waals surface area contributed by atoms with Gasteiger partial charge in [-0.15, -0.1) is 0 Å². The molecule has 1 N–H and O–H groups in total. The molecule has 2 aromatic rings. The second-order valence-corrected chi connectivity index (χ2v) is 5.16. The Morgan fingerprint density at radius 3 is 2.90 bits per heavy atom. The summed E-state index contributed by atoms with van der Waals surface area (Å²) >= 11 is 3.35. The Labute approximate surface area is 129 Å². The van der Waals surface area contributed by atoms with Crippen LogP contribution in [0.1, 0.15) is 10.5 Å². The number of carbonyl (C=O) groups is 1. The molecule has 2 rings (SSSR count). The van der Waals surface area contributed by atoms with Gasteiger partial charge in [-0.05, 0) is 24.3 Å². The van der Waals surface area contributed by atoms with Crippen LogP contribution in [0.4, 0.5) is 0 Å². The minimum absolute atomic E-state index is 0.194. The number of hydrogen-bond acceptors (Lipinski definition) is 4. The lowest BCUT2D eigenvalue weighted by molar-refractivity contribution is 0.0939. The zero-order valence-corrected chi connectivity index (χ0v) is 13.0. The van der Waals surface area contributed by atoms with Gasteiger partial charge in [0, 0.05) is 17.6 Å². The van der Waals surface area contributed by atoms with Crippen LogP contribution < -0.4 is 15.6 Å². The molecule has 0 radical (unpaired) electrons. The third kappa shape index (κ3) is 4.42. The molecule has 1 aromatic heterocycles. The van der Waals surface area contributed by atoms with Crippen molar-refractivity contribution in [2.45, 2.75) is 0 Å². The van der Waals surface area contributed by atoms with Crippen LogP contribution in [0.2, 0.25) is 0 Å². The molecule has 0 spiro atoms. The van der Waals surface area contributed by atoms with E-state index in [4.69, 9.17) is 4.74 Å². The maximum absolute atomic E-state index is 11.8. The molecular weight excluding hydrogens is 338 g/mol. The van der Waals surface area contributed by atoms with Gasteiger partial charge in [-0.3, -0.25) is 9.59 Å². The molecule has 0 aliphatic heterocycles. The molecule has 0 aliphatic carbocycles. The van der Waals surface area contributed by atoms with Gasteiger partial charge in [0.15, 0.2) is 0 Å². The molecule has 0 unspecified atom stereocenters. The molecule has 21 heavy (non-hydrogen) atoms. The predicted octanol–water partition coefficient (Wildman–Crippen LogP) is 1.35. The molecule has 7 heteroatoms. The fourth-order valence-corrected chi connectivity index (χ4v) is 1.98. The van der Waals surface area contributed by atoms with E-state index in [-0.39, 0.29) is 17.2 Å². The van der Waals surface area contributed by atoms with Crippen molar-refractivity contribution in [1.29, 1.82) is 0 Å². The van der Waals surface area contributed by atoms with Crippen molar-refractivity contribution in [3.63, 3.8) is 0 Å². The Balaban J connectivity index is 1.81. The monoisotopic (exact) mass is 351 g/mol. The van der Waals surface area contributed by atoms with E-state index in [0.29, 0.717) is 13.2 Å². The Bertz CT molecular complexity index is 700. The first-order chi connectivity index (χ1) is 10.1. The number of aryl methyl sites for hydroxylation is 1.